The van der Waals surface area contributed by atoms with Crippen LogP contribution in [0.2, 0.25) is 0 Å². The summed E-state index contributed by atoms with van der Waals surface area (Å²) in [6.07, 6.45) is 0. The molecule has 4 nitrogen and oxygen atoms in total. The zero-order valence-electron chi connectivity index (χ0n) is 61.7. The van der Waals surface area contributed by atoms with E-state index < -0.39 is 0 Å². The first-order valence-electron chi connectivity index (χ1n) is 35.8. The van der Waals surface area contributed by atoms with Crippen LogP contribution >= 0.6 is 0 Å². The molecule has 0 unspecified atom stereocenters. The van der Waals surface area contributed by atoms with Gasteiger partial charge in [-0.15, -0.1) is 0 Å². The zero-order chi connectivity index (χ0) is 69.2. The monoisotopic (exact) mass is 1280 g/mol. The smallest absolute Gasteiger partial charge is 0.252 e. The van der Waals surface area contributed by atoms with Crippen LogP contribution < -0.4 is 52.4 Å². The molecule has 15 rings (SSSR count). The van der Waals surface area contributed by atoms with Crippen LogP contribution in [0.25, 0.3) is 22.3 Å². The highest BCUT2D eigenvalue weighted by Gasteiger charge is 2.49. The van der Waals surface area contributed by atoms with Crippen LogP contribution in [0.3, 0.4) is 0 Å². The molecule has 0 fully saturated rings. The molecule has 0 spiro atoms. The van der Waals surface area contributed by atoms with Crippen molar-refractivity contribution in [1.29, 1.82) is 0 Å². The maximum absolute atomic E-state index is 2.72. The van der Waals surface area contributed by atoms with Crippen LogP contribution in [0.1, 0.15) is 169 Å². The summed E-state index contributed by atoms with van der Waals surface area (Å²) in [6, 6.07) is 86.8. The number of fused-ring (bicyclic) bond motifs is 8. The van der Waals surface area contributed by atoms with Crippen molar-refractivity contribution < 1.29 is 0 Å². The Bertz CT molecular complexity index is 4650. The minimum absolute atomic E-state index is 0.0132. The Morgan fingerprint density at radius 3 is 0.694 bits per heavy atom. The summed E-state index contributed by atoms with van der Waals surface area (Å²) in [7, 11) is 0. The number of rotatable bonds is 6. The van der Waals surface area contributed by atoms with Crippen molar-refractivity contribution >= 4 is 114 Å². The van der Waals surface area contributed by atoms with Gasteiger partial charge in [0.2, 0.25) is 0 Å². The normalized spacial score (nSPS) is 14.2. The molecular weight excluding hydrogens is 1180 g/mol. The fourth-order valence-corrected chi connectivity index (χ4v) is 15.8. The highest BCUT2D eigenvalue weighted by molar-refractivity contribution is 7.03. The summed E-state index contributed by atoms with van der Waals surface area (Å²) in [4.78, 5) is 10.5. The molecule has 0 amide bonds. The van der Waals surface area contributed by atoms with Gasteiger partial charge >= 0.3 is 0 Å². The summed E-state index contributed by atoms with van der Waals surface area (Å²) < 4.78 is 0. The standard InChI is InChI=1S/C92H96B2N4/c1-57-21-25-59(26-22-57)61-49-81-85-83(51-61)97(71-43-33-65(34-44-71)89(9,10)11)79-56-80-76(55-75(79)93(85)73-53-67(91(15,16)17)37-47-77(73)95(81)69-39-29-63(30-40-69)87(3,4)5)94-74-54-68(92(18,19)20)38-48-78(74)96(70-41-31-64(32-42-70)88(6,7)8)82-50-62(60-27-23-58(2)24-28-60)52-84(86(82)94)98(80)72-45-35-66(36-46-72)90(12,13)14/h21-56H,1-20H3. The minimum Gasteiger partial charge on any atom is -0.311 e. The van der Waals surface area contributed by atoms with E-state index in [4.69, 9.17) is 0 Å². The maximum atomic E-state index is 2.72. The second kappa shape index (κ2) is 22.6. The first kappa shape index (κ1) is 64.7. The van der Waals surface area contributed by atoms with Crippen LogP contribution in [-0.4, -0.2) is 13.4 Å². The fraction of sp³-hybridized carbons (Fsp3) is 0.283. The van der Waals surface area contributed by atoms with Crippen LogP contribution in [0, 0.1) is 13.8 Å². The van der Waals surface area contributed by atoms with Gasteiger partial charge in [-0.1, -0.05) is 263 Å². The molecule has 4 aliphatic heterocycles. The van der Waals surface area contributed by atoms with E-state index in [2.05, 4.69) is 376 Å². The predicted molar refractivity (Wildman–Crippen MR) is 427 cm³/mol. The van der Waals surface area contributed by atoms with Gasteiger partial charge < -0.3 is 19.6 Å². The van der Waals surface area contributed by atoms with E-state index in [0.717, 1.165) is 22.7 Å². The summed E-state index contributed by atoms with van der Waals surface area (Å²) in [6.45, 7) is 46.2. The molecule has 0 radical (unpaired) electrons. The molecule has 0 aromatic heterocycles. The van der Waals surface area contributed by atoms with Crippen molar-refractivity contribution in [1.82, 2.24) is 0 Å². The third-order valence-corrected chi connectivity index (χ3v) is 21.7. The Kier molecular flexibility index (Phi) is 15.0. The predicted octanol–water partition coefficient (Wildman–Crippen LogP) is 21.6. The second-order valence-electron chi connectivity index (χ2n) is 35.0. The van der Waals surface area contributed by atoms with Gasteiger partial charge in [-0.05, 0) is 226 Å². The summed E-state index contributed by atoms with van der Waals surface area (Å²) in [5.74, 6) is 0. The highest BCUT2D eigenvalue weighted by atomic mass is 15.2. The first-order valence-corrected chi connectivity index (χ1v) is 35.8. The summed E-state index contributed by atoms with van der Waals surface area (Å²) in [5.41, 5.74) is 36.7. The number of benzene rings is 11. The molecule has 4 heterocycles. The van der Waals surface area contributed by atoms with Crippen molar-refractivity contribution in [3.8, 4) is 22.3 Å². The number of nitrogens with zero attached hydrogens (tertiary/aromatic N) is 4. The van der Waals surface area contributed by atoms with Crippen LogP contribution in [0.15, 0.2) is 218 Å². The Morgan fingerprint density at radius 1 is 0.204 bits per heavy atom. The average Bonchev–Trinajstić information content (AvgIpc) is 0.684. The Labute approximate surface area is 586 Å². The summed E-state index contributed by atoms with van der Waals surface area (Å²) in [5, 5.41) is 0. The van der Waals surface area contributed by atoms with Crippen molar-refractivity contribution in [3.63, 3.8) is 0 Å². The Balaban J connectivity index is 1.11. The molecule has 0 saturated heterocycles. The second-order valence-corrected chi connectivity index (χ2v) is 35.0. The average molecular weight is 1280 g/mol. The van der Waals surface area contributed by atoms with Gasteiger partial charge in [-0.3, -0.25) is 0 Å². The van der Waals surface area contributed by atoms with Crippen LogP contribution in [0.5, 0.6) is 0 Å². The lowest BCUT2D eigenvalue weighted by Gasteiger charge is -2.48. The lowest BCUT2D eigenvalue weighted by atomic mass is 9.30. The number of anilines is 12. The molecular formula is C92H96B2N4. The molecule has 490 valence electrons. The Hall–Kier alpha value is -9.25. The van der Waals surface area contributed by atoms with Gasteiger partial charge in [-0.2, -0.15) is 0 Å². The molecule has 0 bridgehead atoms. The van der Waals surface area contributed by atoms with E-state index in [1.54, 1.807) is 0 Å². The van der Waals surface area contributed by atoms with Gasteiger partial charge in [0.1, 0.15) is 0 Å². The van der Waals surface area contributed by atoms with Gasteiger partial charge in [-0.25, -0.2) is 0 Å². The molecule has 0 saturated carbocycles. The van der Waals surface area contributed by atoms with Gasteiger partial charge in [0.25, 0.3) is 13.4 Å². The van der Waals surface area contributed by atoms with Gasteiger partial charge in [0.15, 0.2) is 0 Å². The van der Waals surface area contributed by atoms with Crippen LogP contribution in [0.4, 0.5) is 68.2 Å². The van der Waals surface area contributed by atoms with Gasteiger partial charge in [0, 0.05) is 68.2 Å². The number of hydrogen-bond donors (Lipinski definition) is 0. The van der Waals surface area contributed by atoms with Crippen molar-refractivity contribution in [2.75, 3.05) is 19.6 Å². The molecule has 98 heavy (non-hydrogen) atoms. The number of aryl methyl sites for hydroxylation is 2. The minimum atomic E-state index is -0.161. The van der Waals surface area contributed by atoms with E-state index in [0.29, 0.717) is 0 Å². The highest BCUT2D eigenvalue weighted by Crippen LogP contribution is 2.52. The van der Waals surface area contributed by atoms with E-state index >= 15 is 0 Å². The van der Waals surface area contributed by atoms with Crippen molar-refractivity contribution in [3.05, 3.63) is 263 Å². The zero-order valence-corrected chi connectivity index (χ0v) is 61.7. The lowest BCUT2D eigenvalue weighted by molar-refractivity contribution is 0.590. The Morgan fingerprint density at radius 2 is 0.439 bits per heavy atom. The third-order valence-electron chi connectivity index (χ3n) is 21.7. The molecule has 0 aliphatic carbocycles. The molecule has 0 atom stereocenters. The van der Waals surface area contributed by atoms with E-state index in [-0.39, 0.29) is 45.9 Å². The van der Waals surface area contributed by atoms with Crippen molar-refractivity contribution in [2.45, 2.75) is 171 Å². The maximum Gasteiger partial charge on any atom is 0.252 e. The molecule has 6 heteroatoms. The lowest BCUT2D eigenvalue weighted by Crippen LogP contribution is -2.65. The molecule has 11 aromatic carbocycles. The van der Waals surface area contributed by atoms with E-state index in [1.165, 1.54) is 145 Å². The largest absolute Gasteiger partial charge is 0.311 e. The van der Waals surface area contributed by atoms with Crippen LogP contribution in [-0.2, 0) is 32.5 Å². The molecule has 11 aromatic rings. The SMILES string of the molecule is Cc1ccc(-c2cc3c4c(c2)N(c2ccc(C(C)(C)C)cc2)c2cc5c(cc2B4c2cc(C(C)(C)C)ccc2N3c2ccc(C(C)(C)C)cc2)B2c3cc(C(C)(C)C)ccc3N(c3ccc(C(C)(C)C)cc3)c3cc(-c4ccc(C)cc4)cc(c32)N5c2ccc(C(C)(C)C)cc2)cc1. The summed E-state index contributed by atoms with van der Waals surface area (Å²) >= 11 is 0. The van der Waals surface area contributed by atoms with Gasteiger partial charge in [0.05, 0.1) is 0 Å². The third kappa shape index (κ3) is 11.0. The topological polar surface area (TPSA) is 13.0 Å². The first-order chi connectivity index (χ1) is 46.2. The van der Waals surface area contributed by atoms with E-state index in [1.807, 2.05) is 0 Å². The molecule has 4 aliphatic rings. The molecule has 0 N–H and O–H groups in total. The fourth-order valence-electron chi connectivity index (χ4n) is 15.8. The van der Waals surface area contributed by atoms with Crippen molar-refractivity contribution in [2.24, 2.45) is 0 Å². The number of hydrogen-bond acceptors (Lipinski definition) is 4. The van der Waals surface area contributed by atoms with E-state index in [9.17, 15) is 0 Å². The quantitative estimate of drug-likeness (QED) is 0.154.